The maximum Gasteiger partial charge on any atom is 0.117 e. The zero-order chi connectivity index (χ0) is 15.6. The summed E-state index contributed by atoms with van der Waals surface area (Å²) >= 11 is 0. The molecule has 0 aromatic carbocycles. The van der Waals surface area contributed by atoms with Crippen LogP contribution in [0.5, 0.6) is 0 Å². The van der Waals surface area contributed by atoms with Gasteiger partial charge in [0.25, 0.3) is 0 Å². The Balaban J connectivity index is 1.46. The molecule has 0 spiro atoms. The normalized spacial score (nSPS) is 21.5. The lowest BCUT2D eigenvalue weighted by Gasteiger charge is -2.31. The summed E-state index contributed by atoms with van der Waals surface area (Å²) in [6.07, 6.45) is 6.61. The highest BCUT2D eigenvalue weighted by molar-refractivity contribution is 5.25. The summed E-state index contributed by atoms with van der Waals surface area (Å²) in [4.78, 5) is 2.44. The molecular weight excluding hydrogens is 290 g/mol. The van der Waals surface area contributed by atoms with Gasteiger partial charge in [0.1, 0.15) is 5.76 Å². The number of fused-ring (bicyclic) bond motifs is 1. The van der Waals surface area contributed by atoms with Crippen molar-refractivity contribution in [1.29, 1.82) is 0 Å². The number of furan rings is 1. The van der Waals surface area contributed by atoms with Crippen molar-refractivity contribution in [3.05, 3.63) is 41.6 Å². The Morgan fingerprint density at radius 1 is 1.35 bits per heavy atom. The van der Waals surface area contributed by atoms with E-state index in [1.54, 1.807) is 6.26 Å². The van der Waals surface area contributed by atoms with Gasteiger partial charge in [-0.1, -0.05) is 0 Å². The number of nitrogens with zero attached hydrogens (tertiary/aromatic N) is 3. The summed E-state index contributed by atoms with van der Waals surface area (Å²) in [5.74, 6) is 2.19. The molecule has 1 aliphatic carbocycles. The fourth-order valence-corrected chi connectivity index (χ4v) is 3.35. The van der Waals surface area contributed by atoms with E-state index in [4.69, 9.17) is 14.3 Å². The van der Waals surface area contributed by atoms with Crippen molar-refractivity contribution in [2.45, 2.75) is 45.3 Å². The molecule has 124 valence electrons. The fraction of sp³-hybridized carbons (Fsp3) is 0.611. The first-order valence-electron chi connectivity index (χ1n) is 8.70. The monoisotopic (exact) mass is 315 g/mol. The van der Waals surface area contributed by atoms with Gasteiger partial charge in [0.2, 0.25) is 0 Å². The van der Waals surface area contributed by atoms with Gasteiger partial charge in [-0.05, 0) is 37.8 Å². The van der Waals surface area contributed by atoms with Crippen LogP contribution in [0, 0.1) is 5.92 Å². The average Bonchev–Trinajstić information content (AvgIpc) is 3.06. The second-order valence-electron chi connectivity index (χ2n) is 6.82. The average molecular weight is 315 g/mol. The Morgan fingerprint density at radius 3 is 3.00 bits per heavy atom. The Bertz CT molecular complexity index is 631. The third kappa shape index (κ3) is 3.51. The van der Waals surface area contributed by atoms with Gasteiger partial charge in [0.15, 0.2) is 0 Å². The summed E-state index contributed by atoms with van der Waals surface area (Å²) in [5.41, 5.74) is 2.57. The lowest BCUT2D eigenvalue weighted by molar-refractivity contribution is 0.0865. The lowest BCUT2D eigenvalue weighted by atomic mass is 9.97. The van der Waals surface area contributed by atoms with Crippen molar-refractivity contribution >= 4 is 0 Å². The smallest absolute Gasteiger partial charge is 0.117 e. The van der Waals surface area contributed by atoms with E-state index >= 15 is 0 Å². The molecular formula is C18H25N3O2. The van der Waals surface area contributed by atoms with Crippen molar-refractivity contribution in [2.24, 2.45) is 5.92 Å². The molecule has 1 saturated carbocycles. The van der Waals surface area contributed by atoms with Crippen LogP contribution in [0.1, 0.15) is 42.7 Å². The molecule has 1 aliphatic heterocycles. The number of hydrogen-bond acceptors (Lipinski definition) is 4. The van der Waals surface area contributed by atoms with E-state index < -0.39 is 0 Å². The highest BCUT2D eigenvalue weighted by Crippen LogP contribution is 2.31. The van der Waals surface area contributed by atoms with Crippen LogP contribution >= 0.6 is 0 Å². The first-order valence-corrected chi connectivity index (χ1v) is 8.70. The van der Waals surface area contributed by atoms with Gasteiger partial charge in [-0.3, -0.25) is 9.58 Å². The zero-order valence-electron chi connectivity index (χ0n) is 13.8. The molecule has 0 amide bonds. The van der Waals surface area contributed by atoms with Gasteiger partial charge in [-0.25, -0.2) is 0 Å². The molecule has 2 aliphatic rings. The summed E-state index contributed by atoms with van der Waals surface area (Å²) in [5, 5.41) is 4.78. The Morgan fingerprint density at radius 2 is 2.26 bits per heavy atom. The molecule has 2 aromatic heterocycles. The van der Waals surface area contributed by atoms with Gasteiger partial charge in [-0.15, -0.1) is 0 Å². The summed E-state index contributed by atoms with van der Waals surface area (Å²) < 4.78 is 13.5. The standard InChI is InChI=1S/C18H25N3O2/c1-2-21-10-15-8-20(11-17-4-3-7-23-17)9-16(18(15)19-21)13-22-12-14-5-6-14/h3-4,7,10,14,16H,2,5-6,8-9,11-13H2,1H3. The quantitative estimate of drug-likeness (QED) is 0.788. The van der Waals surface area contributed by atoms with E-state index in [9.17, 15) is 0 Å². The molecule has 5 nitrogen and oxygen atoms in total. The van der Waals surface area contributed by atoms with Crippen LogP contribution in [0.3, 0.4) is 0 Å². The second kappa shape index (κ2) is 6.49. The van der Waals surface area contributed by atoms with Crippen LogP contribution in [0.15, 0.2) is 29.0 Å². The third-order valence-corrected chi connectivity index (χ3v) is 4.78. The summed E-state index contributed by atoms with van der Waals surface area (Å²) in [6, 6.07) is 4.00. The van der Waals surface area contributed by atoms with Crippen LogP contribution in [0.2, 0.25) is 0 Å². The number of aromatic nitrogens is 2. The minimum atomic E-state index is 0.361. The minimum absolute atomic E-state index is 0.361. The summed E-state index contributed by atoms with van der Waals surface area (Å²) in [7, 11) is 0. The number of aryl methyl sites for hydroxylation is 1. The number of rotatable bonds is 7. The number of ether oxygens (including phenoxy) is 1. The summed E-state index contributed by atoms with van der Waals surface area (Å²) in [6.45, 7) is 7.52. The molecule has 1 unspecified atom stereocenters. The molecule has 0 N–H and O–H groups in total. The van der Waals surface area contributed by atoms with Gasteiger partial charge in [0, 0.05) is 43.9 Å². The Kier molecular flexibility index (Phi) is 4.23. The molecule has 4 rings (SSSR count). The van der Waals surface area contributed by atoms with E-state index in [2.05, 4.69) is 22.7 Å². The van der Waals surface area contributed by atoms with Crippen molar-refractivity contribution in [1.82, 2.24) is 14.7 Å². The van der Waals surface area contributed by atoms with Crippen molar-refractivity contribution < 1.29 is 9.15 Å². The van der Waals surface area contributed by atoms with E-state index in [0.717, 1.165) is 51.1 Å². The second-order valence-corrected chi connectivity index (χ2v) is 6.82. The van der Waals surface area contributed by atoms with E-state index in [1.807, 2.05) is 12.1 Å². The fourth-order valence-electron chi connectivity index (χ4n) is 3.35. The molecule has 23 heavy (non-hydrogen) atoms. The van der Waals surface area contributed by atoms with E-state index in [0.29, 0.717) is 5.92 Å². The molecule has 5 heteroatoms. The molecule has 0 radical (unpaired) electrons. The molecule has 1 fully saturated rings. The Hall–Kier alpha value is -1.59. The first kappa shape index (κ1) is 15.0. The van der Waals surface area contributed by atoms with E-state index in [1.165, 1.54) is 24.1 Å². The van der Waals surface area contributed by atoms with Crippen LogP contribution in [-0.4, -0.2) is 34.4 Å². The van der Waals surface area contributed by atoms with Gasteiger partial charge >= 0.3 is 0 Å². The largest absolute Gasteiger partial charge is 0.468 e. The SMILES string of the molecule is CCn1cc2c(n1)C(COCC1CC1)CN(Cc1ccco1)C2. The predicted octanol–water partition coefficient (Wildman–Crippen LogP) is 3.02. The maximum absolute atomic E-state index is 5.98. The van der Waals surface area contributed by atoms with Crippen LogP contribution in [-0.2, 0) is 24.4 Å². The maximum atomic E-state index is 5.98. The van der Waals surface area contributed by atoms with Gasteiger partial charge in [-0.2, -0.15) is 5.10 Å². The highest BCUT2D eigenvalue weighted by Gasteiger charge is 2.30. The molecule has 3 heterocycles. The molecule has 2 aromatic rings. The Labute approximate surface area is 137 Å². The molecule has 0 bridgehead atoms. The zero-order valence-corrected chi connectivity index (χ0v) is 13.8. The van der Waals surface area contributed by atoms with Crippen molar-refractivity contribution in [3.8, 4) is 0 Å². The van der Waals surface area contributed by atoms with Crippen LogP contribution in [0.4, 0.5) is 0 Å². The topological polar surface area (TPSA) is 43.4 Å². The van der Waals surface area contributed by atoms with E-state index in [-0.39, 0.29) is 0 Å². The molecule has 1 atom stereocenters. The molecule has 0 saturated heterocycles. The first-order chi connectivity index (χ1) is 11.3. The highest BCUT2D eigenvalue weighted by atomic mass is 16.5. The van der Waals surface area contributed by atoms with Crippen molar-refractivity contribution in [3.63, 3.8) is 0 Å². The lowest BCUT2D eigenvalue weighted by Crippen LogP contribution is -2.34. The minimum Gasteiger partial charge on any atom is -0.468 e. The number of hydrogen-bond donors (Lipinski definition) is 0. The predicted molar refractivity (Wildman–Crippen MR) is 87.0 cm³/mol. The van der Waals surface area contributed by atoms with Gasteiger partial charge in [0.05, 0.1) is 25.1 Å². The third-order valence-electron chi connectivity index (χ3n) is 4.78. The van der Waals surface area contributed by atoms with Crippen LogP contribution in [0.25, 0.3) is 0 Å². The van der Waals surface area contributed by atoms with Crippen LogP contribution < -0.4 is 0 Å². The van der Waals surface area contributed by atoms with Crippen molar-refractivity contribution in [2.75, 3.05) is 19.8 Å². The van der Waals surface area contributed by atoms with Gasteiger partial charge < -0.3 is 9.15 Å².